The number of benzene rings is 2. The minimum atomic E-state index is -0.565. The number of hydrogen-bond donors (Lipinski definition) is 1. The van der Waals surface area contributed by atoms with E-state index >= 15 is 0 Å². The van der Waals surface area contributed by atoms with Gasteiger partial charge in [0.1, 0.15) is 0 Å². The van der Waals surface area contributed by atoms with Gasteiger partial charge in [0.15, 0.2) is 6.61 Å². The fraction of sp³-hybridized carbons (Fsp3) is 0.286. The van der Waals surface area contributed by atoms with Crippen LogP contribution in [0.2, 0.25) is 0 Å². The lowest BCUT2D eigenvalue weighted by Crippen LogP contribution is -2.28. The molecule has 27 heavy (non-hydrogen) atoms. The highest BCUT2D eigenvalue weighted by Gasteiger charge is 2.36. The first-order chi connectivity index (χ1) is 12.9. The molecule has 1 saturated heterocycles. The highest BCUT2D eigenvalue weighted by atomic mass is 16.5. The normalized spacial score (nSPS) is 16.3. The summed E-state index contributed by atoms with van der Waals surface area (Å²) >= 11 is 0. The van der Waals surface area contributed by atoms with E-state index in [-0.39, 0.29) is 25.5 Å². The van der Waals surface area contributed by atoms with Crippen molar-refractivity contribution in [3.8, 4) is 0 Å². The molecule has 2 aromatic carbocycles. The van der Waals surface area contributed by atoms with E-state index in [9.17, 15) is 14.4 Å². The third-order valence-corrected chi connectivity index (χ3v) is 4.45. The molecule has 1 atom stereocenters. The molecule has 1 N–H and O–H groups in total. The van der Waals surface area contributed by atoms with Crippen LogP contribution in [0.1, 0.15) is 17.5 Å². The van der Waals surface area contributed by atoms with Crippen LogP contribution in [0.25, 0.3) is 0 Å². The van der Waals surface area contributed by atoms with Gasteiger partial charge in [-0.25, -0.2) is 0 Å². The maximum absolute atomic E-state index is 12.3. The Morgan fingerprint density at radius 3 is 2.56 bits per heavy atom. The molecule has 1 heterocycles. The molecule has 2 amide bonds. The van der Waals surface area contributed by atoms with Crippen LogP contribution in [0.15, 0.2) is 48.5 Å². The van der Waals surface area contributed by atoms with E-state index in [2.05, 4.69) is 5.32 Å². The van der Waals surface area contributed by atoms with Crippen molar-refractivity contribution in [1.82, 2.24) is 0 Å². The zero-order valence-electron chi connectivity index (χ0n) is 15.4. The monoisotopic (exact) mass is 366 g/mol. The summed E-state index contributed by atoms with van der Waals surface area (Å²) in [4.78, 5) is 38.0. The molecule has 0 radical (unpaired) electrons. The van der Waals surface area contributed by atoms with Crippen LogP contribution in [0.4, 0.5) is 11.4 Å². The van der Waals surface area contributed by atoms with E-state index in [1.165, 1.54) is 0 Å². The molecule has 1 aliphatic heterocycles. The van der Waals surface area contributed by atoms with Gasteiger partial charge in [-0.05, 0) is 43.7 Å². The Hall–Kier alpha value is -3.15. The maximum Gasteiger partial charge on any atom is 0.311 e. The fourth-order valence-corrected chi connectivity index (χ4v) is 3.00. The number of aryl methyl sites for hydroxylation is 2. The molecule has 1 fully saturated rings. The van der Waals surface area contributed by atoms with Crippen LogP contribution in [-0.4, -0.2) is 30.9 Å². The average molecular weight is 366 g/mol. The largest absolute Gasteiger partial charge is 0.455 e. The number of hydrogen-bond acceptors (Lipinski definition) is 4. The van der Waals surface area contributed by atoms with E-state index < -0.39 is 17.8 Å². The quantitative estimate of drug-likeness (QED) is 0.826. The molecule has 0 aromatic heterocycles. The lowest BCUT2D eigenvalue weighted by Gasteiger charge is -2.17. The van der Waals surface area contributed by atoms with Crippen molar-refractivity contribution in [2.24, 2.45) is 5.92 Å². The van der Waals surface area contributed by atoms with Gasteiger partial charge in [-0.15, -0.1) is 0 Å². The van der Waals surface area contributed by atoms with Gasteiger partial charge >= 0.3 is 5.97 Å². The fourth-order valence-electron chi connectivity index (χ4n) is 3.00. The number of anilines is 2. The van der Waals surface area contributed by atoms with Gasteiger partial charge in [0.05, 0.1) is 5.92 Å². The molecule has 3 rings (SSSR count). The molecule has 1 aliphatic rings. The van der Waals surface area contributed by atoms with Crippen LogP contribution in [0.5, 0.6) is 0 Å². The number of amides is 2. The number of ether oxygens (including phenoxy) is 1. The van der Waals surface area contributed by atoms with Crippen molar-refractivity contribution in [1.29, 1.82) is 0 Å². The maximum atomic E-state index is 12.3. The summed E-state index contributed by atoms with van der Waals surface area (Å²) in [5.74, 6) is -1.62. The van der Waals surface area contributed by atoms with Gasteiger partial charge in [0.2, 0.25) is 5.91 Å². The van der Waals surface area contributed by atoms with Crippen molar-refractivity contribution in [2.75, 3.05) is 23.4 Å². The number of carbonyl (C=O) groups excluding carboxylic acids is 3. The van der Waals surface area contributed by atoms with Crippen molar-refractivity contribution < 1.29 is 19.1 Å². The third-order valence-electron chi connectivity index (χ3n) is 4.45. The Morgan fingerprint density at radius 2 is 1.85 bits per heavy atom. The number of nitrogens with zero attached hydrogens (tertiary/aromatic N) is 1. The van der Waals surface area contributed by atoms with Crippen LogP contribution in [-0.2, 0) is 19.1 Å². The Balaban J connectivity index is 1.52. The molecule has 0 aliphatic carbocycles. The van der Waals surface area contributed by atoms with Crippen molar-refractivity contribution in [3.63, 3.8) is 0 Å². The van der Waals surface area contributed by atoms with Crippen LogP contribution >= 0.6 is 0 Å². The van der Waals surface area contributed by atoms with Gasteiger partial charge in [-0.2, -0.15) is 0 Å². The van der Waals surface area contributed by atoms with E-state index in [4.69, 9.17) is 4.74 Å². The SMILES string of the molecule is Cc1ccc(NC(=O)COC(=O)[C@H]2CC(=O)N(c3cccc(C)c3)C2)cc1. The van der Waals surface area contributed by atoms with Gasteiger partial charge in [-0.3, -0.25) is 14.4 Å². The molecule has 2 aromatic rings. The van der Waals surface area contributed by atoms with Crippen molar-refractivity contribution >= 4 is 29.2 Å². The Kier molecular flexibility index (Phi) is 5.54. The first-order valence-corrected chi connectivity index (χ1v) is 8.82. The summed E-state index contributed by atoms with van der Waals surface area (Å²) in [6.07, 6.45) is 0.0896. The lowest BCUT2D eigenvalue weighted by molar-refractivity contribution is -0.151. The van der Waals surface area contributed by atoms with Gasteiger partial charge < -0.3 is 15.0 Å². The number of nitrogens with one attached hydrogen (secondary N) is 1. The van der Waals surface area contributed by atoms with E-state index in [0.717, 1.165) is 16.8 Å². The summed E-state index contributed by atoms with van der Waals surface area (Å²) < 4.78 is 5.11. The number of esters is 1. The smallest absolute Gasteiger partial charge is 0.311 e. The minimum Gasteiger partial charge on any atom is -0.455 e. The molecule has 6 nitrogen and oxygen atoms in total. The van der Waals surface area contributed by atoms with Crippen LogP contribution in [0, 0.1) is 19.8 Å². The molecule has 140 valence electrons. The molecule has 0 saturated carbocycles. The predicted octanol–water partition coefficient (Wildman–Crippen LogP) is 2.84. The molecular weight excluding hydrogens is 344 g/mol. The van der Waals surface area contributed by atoms with Crippen molar-refractivity contribution in [2.45, 2.75) is 20.3 Å². The first kappa shape index (κ1) is 18.6. The molecule has 0 unspecified atom stereocenters. The second kappa shape index (κ2) is 8.03. The Labute approximate surface area is 158 Å². The standard InChI is InChI=1S/C21H22N2O4/c1-14-6-8-17(9-7-14)22-19(24)13-27-21(26)16-11-20(25)23(12-16)18-5-3-4-15(2)10-18/h3-10,16H,11-13H2,1-2H3,(H,22,24)/t16-/m0/s1. The number of carbonyl (C=O) groups is 3. The van der Waals surface area contributed by atoms with Gasteiger partial charge in [0.25, 0.3) is 5.91 Å². The summed E-state index contributed by atoms with van der Waals surface area (Å²) in [6, 6.07) is 14.9. The zero-order chi connectivity index (χ0) is 19.4. The molecule has 6 heteroatoms. The Morgan fingerprint density at radius 1 is 1.11 bits per heavy atom. The molecule has 0 spiro atoms. The second-order valence-corrected chi connectivity index (χ2v) is 6.77. The average Bonchev–Trinajstić information content (AvgIpc) is 3.03. The van der Waals surface area contributed by atoms with Crippen LogP contribution in [0.3, 0.4) is 0 Å². The molecule has 0 bridgehead atoms. The zero-order valence-corrected chi connectivity index (χ0v) is 15.4. The lowest BCUT2D eigenvalue weighted by atomic mass is 10.1. The van der Waals surface area contributed by atoms with Crippen LogP contribution < -0.4 is 10.2 Å². The second-order valence-electron chi connectivity index (χ2n) is 6.77. The third kappa shape index (κ3) is 4.73. The van der Waals surface area contributed by atoms with Gasteiger partial charge in [-0.1, -0.05) is 29.8 Å². The minimum absolute atomic E-state index is 0.0896. The van der Waals surface area contributed by atoms with E-state index in [1.807, 2.05) is 50.2 Å². The summed E-state index contributed by atoms with van der Waals surface area (Å²) in [5.41, 5.74) is 3.54. The first-order valence-electron chi connectivity index (χ1n) is 8.82. The van der Waals surface area contributed by atoms with E-state index in [1.54, 1.807) is 17.0 Å². The summed E-state index contributed by atoms with van der Waals surface area (Å²) in [5, 5.41) is 2.67. The van der Waals surface area contributed by atoms with Crippen molar-refractivity contribution in [3.05, 3.63) is 59.7 Å². The predicted molar refractivity (Wildman–Crippen MR) is 102 cm³/mol. The Bertz CT molecular complexity index is 861. The number of rotatable bonds is 5. The molecular formula is C21H22N2O4. The highest BCUT2D eigenvalue weighted by molar-refractivity contribution is 6.00. The van der Waals surface area contributed by atoms with E-state index in [0.29, 0.717) is 5.69 Å². The highest BCUT2D eigenvalue weighted by Crippen LogP contribution is 2.26. The van der Waals surface area contributed by atoms with Gasteiger partial charge in [0, 0.05) is 24.3 Å². The summed E-state index contributed by atoms with van der Waals surface area (Å²) in [7, 11) is 0. The summed E-state index contributed by atoms with van der Waals surface area (Å²) in [6.45, 7) is 3.79. The topological polar surface area (TPSA) is 75.7 Å².